The van der Waals surface area contributed by atoms with Crippen molar-refractivity contribution in [1.82, 2.24) is 14.9 Å². The Morgan fingerprint density at radius 3 is 2.58 bits per heavy atom. The molecule has 0 unspecified atom stereocenters. The molecular formula is C16H23N3. The van der Waals surface area contributed by atoms with Crippen molar-refractivity contribution < 1.29 is 0 Å². The van der Waals surface area contributed by atoms with E-state index in [2.05, 4.69) is 55.9 Å². The van der Waals surface area contributed by atoms with Crippen LogP contribution in [0.2, 0.25) is 0 Å². The molecule has 0 radical (unpaired) electrons. The first-order chi connectivity index (χ1) is 9.04. The van der Waals surface area contributed by atoms with Crippen LogP contribution in [0.15, 0.2) is 18.2 Å². The lowest BCUT2D eigenvalue weighted by Crippen LogP contribution is -2.13. The quantitative estimate of drug-likeness (QED) is 0.912. The van der Waals surface area contributed by atoms with Crippen LogP contribution in [0.25, 0.3) is 11.3 Å². The molecule has 3 heteroatoms. The fourth-order valence-corrected chi connectivity index (χ4v) is 2.43. The number of imidazole rings is 1. The summed E-state index contributed by atoms with van der Waals surface area (Å²) in [5.41, 5.74) is 6.19. The van der Waals surface area contributed by atoms with E-state index in [9.17, 15) is 0 Å². The number of nitrogens with one attached hydrogen (secondary N) is 1. The van der Waals surface area contributed by atoms with Crippen LogP contribution in [0.1, 0.15) is 22.6 Å². The average Bonchev–Trinajstić information content (AvgIpc) is 2.64. The molecule has 0 saturated carbocycles. The van der Waals surface area contributed by atoms with Crippen molar-refractivity contribution in [1.29, 1.82) is 0 Å². The van der Waals surface area contributed by atoms with Crippen molar-refractivity contribution in [2.45, 2.75) is 27.2 Å². The summed E-state index contributed by atoms with van der Waals surface area (Å²) in [5.74, 6) is 1.14. The van der Waals surface area contributed by atoms with Gasteiger partial charge in [-0.1, -0.05) is 23.8 Å². The Morgan fingerprint density at radius 1 is 1.21 bits per heavy atom. The van der Waals surface area contributed by atoms with Crippen LogP contribution in [0, 0.1) is 20.8 Å². The summed E-state index contributed by atoms with van der Waals surface area (Å²) in [6, 6.07) is 6.56. The van der Waals surface area contributed by atoms with E-state index in [1.165, 1.54) is 22.4 Å². The highest BCUT2D eigenvalue weighted by molar-refractivity contribution is 5.66. The van der Waals surface area contributed by atoms with Crippen LogP contribution in [-0.4, -0.2) is 23.1 Å². The van der Waals surface area contributed by atoms with Crippen LogP contribution in [0.5, 0.6) is 0 Å². The highest BCUT2D eigenvalue weighted by Crippen LogP contribution is 2.26. The van der Waals surface area contributed by atoms with Crippen molar-refractivity contribution in [3.63, 3.8) is 0 Å². The Kier molecular flexibility index (Phi) is 4.05. The molecule has 1 aromatic carbocycles. The molecule has 0 saturated heterocycles. The molecule has 0 aliphatic rings. The number of hydrogen-bond donors (Lipinski definition) is 1. The van der Waals surface area contributed by atoms with E-state index in [-0.39, 0.29) is 0 Å². The smallest absolute Gasteiger partial charge is 0.110 e. The first kappa shape index (κ1) is 13.8. The summed E-state index contributed by atoms with van der Waals surface area (Å²) in [4.78, 5) is 4.83. The predicted octanol–water partition coefficient (Wildman–Crippen LogP) is 2.77. The van der Waals surface area contributed by atoms with E-state index in [0.717, 1.165) is 24.5 Å². The lowest BCUT2D eigenvalue weighted by Gasteiger charge is -2.05. The maximum Gasteiger partial charge on any atom is 0.110 e. The lowest BCUT2D eigenvalue weighted by atomic mass is 10.0. The zero-order chi connectivity index (χ0) is 14.0. The fraction of sp³-hybridized carbons (Fsp3) is 0.438. The third-order valence-electron chi connectivity index (χ3n) is 3.71. The minimum Gasteiger partial charge on any atom is -0.335 e. The minimum atomic E-state index is 0.955. The molecule has 3 nitrogen and oxygen atoms in total. The highest BCUT2D eigenvalue weighted by Gasteiger charge is 2.14. The van der Waals surface area contributed by atoms with Crippen molar-refractivity contribution in [2.75, 3.05) is 13.6 Å². The van der Waals surface area contributed by atoms with Gasteiger partial charge in [0.2, 0.25) is 0 Å². The van der Waals surface area contributed by atoms with Gasteiger partial charge in [0, 0.05) is 31.3 Å². The standard InChI is InChI=1S/C16H23N3/c1-11-6-7-14(12(2)10-11)16-13(3)19(5)15(18-16)8-9-17-4/h6-7,10,17H,8-9H2,1-5H3. The molecule has 0 bridgehead atoms. The molecule has 102 valence electrons. The van der Waals surface area contributed by atoms with Gasteiger partial charge < -0.3 is 9.88 Å². The molecule has 0 atom stereocenters. The number of benzene rings is 1. The Morgan fingerprint density at radius 2 is 1.95 bits per heavy atom. The number of nitrogens with zero attached hydrogens (tertiary/aromatic N) is 2. The zero-order valence-electron chi connectivity index (χ0n) is 12.5. The Hall–Kier alpha value is -1.61. The third kappa shape index (κ3) is 2.71. The number of aromatic nitrogens is 2. The SMILES string of the molecule is CNCCc1nc(-c2ccc(C)cc2C)c(C)n1C. The molecule has 0 aliphatic carbocycles. The molecule has 0 amide bonds. The molecule has 1 aromatic heterocycles. The molecule has 2 aromatic rings. The zero-order valence-corrected chi connectivity index (χ0v) is 12.5. The monoisotopic (exact) mass is 257 g/mol. The lowest BCUT2D eigenvalue weighted by molar-refractivity contribution is 0.710. The normalized spacial score (nSPS) is 11.0. The van der Waals surface area contributed by atoms with Crippen molar-refractivity contribution in [3.05, 3.63) is 40.8 Å². The summed E-state index contributed by atoms with van der Waals surface area (Å²) in [6.45, 7) is 7.38. The van der Waals surface area contributed by atoms with E-state index < -0.39 is 0 Å². The number of aryl methyl sites for hydroxylation is 2. The van der Waals surface area contributed by atoms with Crippen LogP contribution in [0.4, 0.5) is 0 Å². The minimum absolute atomic E-state index is 0.955. The van der Waals surface area contributed by atoms with E-state index in [1.54, 1.807) is 0 Å². The fourth-order valence-electron chi connectivity index (χ4n) is 2.43. The van der Waals surface area contributed by atoms with Crippen molar-refractivity contribution >= 4 is 0 Å². The second kappa shape index (κ2) is 5.57. The topological polar surface area (TPSA) is 29.9 Å². The second-order valence-electron chi connectivity index (χ2n) is 5.19. The first-order valence-electron chi connectivity index (χ1n) is 6.79. The molecule has 0 aliphatic heterocycles. The van der Waals surface area contributed by atoms with Crippen molar-refractivity contribution in [2.24, 2.45) is 7.05 Å². The van der Waals surface area contributed by atoms with E-state index in [4.69, 9.17) is 4.98 Å². The van der Waals surface area contributed by atoms with Gasteiger partial charge in [-0.25, -0.2) is 4.98 Å². The van der Waals surface area contributed by atoms with Gasteiger partial charge in [-0.3, -0.25) is 0 Å². The van der Waals surface area contributed by atoms with Gasteiger partial charge in [-0.2, -0.15) is 0 Å². The molecule has 2 rings (SSSR count). The number of hydrogen-bond acceptors (Lipinski definition) is 2. The summed E-state index contributed by atoms with van der Waals surface area (Å²) in [7, 11) is 4.07. The molecule has 0 fully saturated rings. The van der Waals surface area contributed by atoms with Gasteiger partial charge in [0.05, 0.1) is 5.69 Å². The van der Waals surface area contributed by atoms with Gasteiger partial charge >= 0.3 is 0 Å². The summed E-state index contributed by atoms with van der Waals surface area (Å²) in [6.07, 6.45) is 0.957. The molecular weight excluding hydrogens is 234 g/mol. The van der Waals surface area contributed by atoms with Gasteiger partial charge in [-0.15, -0.1) is 0 Å². The first-order valence-corrected chi connectivity index (χ1v) is 6.79. The summed E-state index contributed by atoms with van der Waals surface area (Å²) < 4.78 is 2.20. The van der Waals surface area contributed by atoms with Gasteiger partial charge in [0.25, 0.3) is 0 Å². The second-order valence-corrected chi connectivity index (χ2v) is 5.19. The summed E-state index contributed by atoms with van der Waals surface area (Å²) in [5, 5.41) is 3.18. The van der Waals surface area contributed by atoms with E-state index in [1.807, 2.05) is 7.05 Å². The molecule has 1 N–H and O–H groups in total. The Labute approximate surface area is 115 Å². The van der Waals surface area contributed by atoms with Gasteiger partial charge in [-0.05, 0) is 33.4 Å². The molecule has 19 heavy (non-hydrogen) atoms. The molecule has 0 spiro atoms. The van der Waals surface area contributed by atoms with E-state index in [0.29, 0.717) is 0 Å². The highest BCUT2D eigenvalue weighted by atomic mass is 15.1. The number of likely N-dealkylation sites (N-methyl/N-ethyl adjacent to an activating group) is 1. The maximum atomic E-state index is 4.83. The van der Waals surface area contributed by atoms with Crippen LogP contribution >= 0.6 is 0 Å². The van der Waals surface area contributed by atoms with Crippen LogP contribution in [-0.2, 0) is 13.5 Å². The summed E-state index contributed by atoms with van der Waals surface area (Å²) >= 11 is 0. The van der Waals surface area contributed by atoms with Gasteiger partial charge in [0.1, 0.15) is 5.82 Å². The largest absolute Gasteiger partial charge is 0.335 e. The van der Waals surface area contributed by atoms with Crippen LogP contribution < -0.4 is 5.32 Å². The maximum absolute atomic E-state index is 4.83. The molecule has 1 heterocycles. The Bertz CT molecular complexity index is 582. The van der Waals surface area contributed by atoms with Crippen molar-refractivity contribution in [3.8, 4) is 11.3 Å². The predicted molar refractivity (Wildman–Crippen MR) is 80.5 cm³/mol. The Balaban J connectivity index is 2.45. The average molecular weight is 257 g/mol. The van der Waals surface area contributed by atoms with E-state index >= 15 is 0 Å². The van der Waals surface area contributed by atoms with Gasteiger partial charge in [0.15, 0.2) is 0 Å². The van der Waals surface area contributed by atoms with Crippen LogP contribution in [0.3, 0.4) is 0 Å². The number of rotatable bonds is 4. The third-order valence-corrected chi connectivity index (χ3v) is 3.71.